The first-order chi connectivity index (χ1) is 9.22. The van der Waals surface area contributed by atoms with Crippen LogP contribution in [0.1, 0.15) is 63.6 Å². The maximum atomic E-state index is 4.65. The molecule has 1 N–H and O–H groups in total. The standard InChI is InChI=1S/C17H28N2/c1-4-18-16(13(2)3)11-10-15-8-5-7-14-9-6-12-19-17(14)15/h6,9,12-13,15-16,18H,4-5,7-8,10-11H2,1-3H3. The Hall–Kier alpha value is -0.890. The lowest BCUT2D eigenvalue weighted by Crippen LogP contribution is -2.34. The molecule has 1 aliphatic rings. The summed E-state index contributed by atoms with van der Waals surface area (Å²) in [5.41, 5.74) is 2.87. The summed E-state index contributed by atoms with van der Waals surface area (Å²) in [6, 6.07) is 4.99. The predicted molar refractivity (Wildman–Crippen MR) is 81.5 cm³/mol. The predicted octanol–water partition coefficient (Wildman–Crippen LogP) is 3.92. The molecule has 2 rings (SSSR count). The second kappa shape index (κ2) is 7.04. The van der Waals surface area contributed by atoms with E-state index in [1.54, 1.807) is 0 Å². The highest BCUT2D eigenvalue weighted by atomic mass is 14.9. The molecule has 0 radical (unpaired) electrons. The molecule has 1 aromatic heterocycles. The second-order valence-corrected chi connectivity index (χ2v) is 6.12. The summed E-state index contributed by atoms with van der Waals surface area (Å²) in [6.07, 6.45) is 8.38. The van der Waals surface area contributed by atoms with E-state index in [9.17, 15) is 0 Å². The van der Waals surface area contributed by atoms with Crippen molar-refractivity contribution in [1.29, 1.82) is 0 Å². The van der Waals surface area contributed by atoms with Gasteiger partial charge in [0.15, 0.2) is 0 Å². The summed E-state index contributed by atoms with van der Waals surface area (Å²) in [7, 11) is 0. The topological polar surface area (TPSA) is 24.9 Å². The quantitative estimate of drug-likeness (QED) is 0.838. The van der Waals surface area contributed by atoms with Gasteiger partial charge in [0.05, 0.1) is 0 Å². The molecule has 0 saturated heterocycles. The van der Waals surface area contributed by atoms with Crippen LogP contribution in [0.2, 0.25) is 0 Å². The minimum Gasteiger partial charge on any atom is -0.314 e. The van der Waals surface area contributed by atoms with Gasteiger partial charge in [-0.15, -0.1) is 0 Å². The fourth-order valence-electron chi connectivity index (χ4n) is 3.30. The van der Waals surface area contributed by atoms with E-state index in [1.807, 2.05) is 6.20 Å². The molecule has 1 heterocycles. The van der Waals surface area contributed by atoms with Gasteiger partial charge in [0.25, 0.3) is 0 Å². The Morgan fingerprint density at radius 1 is 1.42 bits per heavy atom. The van der Waals surface area contributed by atoms with Gasteiger partial charge in [0.2, 0.25) is 0 Å². The summed E-state index contributed by atoms with van der Waals surface area (Å²) in [6.45, 7) is 7.91. The molecular weight excluding hydrogens is 232 g/mol. The van der Waals surface area contributed by atoms with Crippen LogP contribution in [0.3, 0.4) is 0 Å². The van der Waals surface area contributed by atoms with E-state index in [0.717, 1.165) is 6.54 Å². The lowest BCUT2D eigenvalue weighted by molar-refractivity contribution is 0.354. The highest BCUT2D eigenvalue weighted by Gasteiger charge is 2.22. The van der Waals surface area contributed by atoms with Gasteiger partial charge in [-0.3, -0.25) is 4.98 Å². The normalized spacial score (nSPS) is 20.3. The summed E-state index contributed by atoms with van der Waals surface area (Å²) < 4.78 is 0. The van der Waals surface area contributed by atoms with E-state index < -0.39 is 0 Å². The van der Waals surface area contributed by atoms with Gasteiger partial charge in [-0.25, -0.2) is 0 Å². The fourth-order valence-corrected chi connectivity index (χ4v) is 3.30. The van der Waals surface area contributed by atoms with Crippen LogP contribution in [0.5, 0.6) is 0 Å². The Morgan fingerprint density at radius 3 is 3.00 bits per heavy atom. The third-order valence-corrected chi connectivity index (χ3v) is 4.41. The van der Waals surface area contributed by atoms with Crippen LogP contribution in [0.4, 0.5) is 0 Å². The summed E-state index contributed by atoms with van der Waals surface area (Å²) in [5.74, 6) is 1.40. The Bertz CT molecular complexity index is 387. The van der Waals surface area contributed by atoms with E-state index in [1.165, 1.54) is 43.4 Å². The molecule has 2 atom stereocenters. The van der Waals surface area contributed by atoms with Crippen LogP contribution in [-0.4, -0.2) is 17.6 Å². The van der Waals surface area contributed by atoms with E-state index in [0.29, 0.717) is 17.9 Å². The van der Waals surface area contributed by atoms with Crippen molar-refractivity contribution in [2.24, 2.45) is 5.92 Å². The number of pyridine rings is 1. The molecule has 0 aromatic carbocycles. The van der Waals surface area contributed by atoms with Crippen molar-refractivity contribution in [3.8, 4) is 0 Å². The lowest BCUT2D eigenvalue weighted by Gasteiger charge is -2.27. The van der Waals surface area contributed by atoms with E-state index in [2.05, 4.69) is 43.2 Å². The molecule has 0 saturated carbocycles. The van der Waals surface area contributed by atoms with Gasteiger partial charge in [-0.05, 0) is 56.2 Å². The smallest absolute Gasteiger partial charge is 0.0466 e. The summed E-state index contributed by atoms with van der Waals surface area (Å²) in [4.78, 5) is 4.65. The molecule has 0 fully saturated rings. The average Bonchev–Trinajstić information content (AvgIpc) is 2.43. The molecule has 2 heteroatoms. The van der Waals surface area contributed by atoms with Crippen molar-refractivity contribution in [3.63, 3.8) is 0 Å². The number of hydrogen-bond donors (Lipinski definition) is 1. The highest BCUT2D eigenvalue weighted by Crippen LogP contribution is 2.33. The maximum Gasteiger partial charge on any atom is 0.0466 e. The molecule has 0 spiro atoms. The number of aromatic nitrogens is 1. The maximum absolute atomic E-state index is 4.65. The van der Waals surface area contributed by atoms with Crippen LogP contribution in [0.25, 0.3) is 0 Å². The molecule has 0 amide bonds. The van der Waals surface area contributed by atoms with Crippen molar-refractivity contribution in [3.05, 3.63) is 29.6 Å². The van der Waals surface area contributed by atoms with Gasteiger partial charge in [0.1, 0.15) is 0 Å². The Labute approximate surface area is 118 Å². The Kier molecular flexibility index (Phi) is 5.38. The molecule has 2 nitrogen and oxygen atoms in total. The number of rotatable bonds is 6. The number of nitrogens with zero attached hydrogens (tertiary/aromatic N) is 1. The monoisotopic (exact) mass is 260 g/mol. The van der Waals surface area contributed by atoms with Gasteiger partial charge in [-0.1, -0.05) is 26.8 Å². The van der Waals surface area contributed by atoms with Crippen molar-refractivity contribution in [1.82, 2.24) is 10.3 Å². The molecular formula is C17H28N2. The molecule has 106 valence electrons. The molecule has 1 aromatic rings. The Morgan fingerprint density at radius 2 is 2.26 bits per heavy atom. The van der Waals surface area contributed by atoms with Crippen LogP contribution in [0.15, 0.2) is 18.3 Å². The van der Waals surface area contributed by atoms with Crippen LogP contribution in [-0.2, 0) is 6.42 Å². The highest BCUT2D eigenvalue weighted by molar-refractivity contribution is 5.25. The third-order valence-electron chi connectivity index (χ3n) is 4.41. The van der Waals surface area contributed by atoms with E-state index in [4.69, 9.17) is 0 Å². The number of nitrogens with one attached hydrogen (secondary N) is 1. The number of aryl methyl sites for hydroxylation is 1. The van der Waals surface area contributed by atoms with Crippen LogP contribution >= 0.6 is 0 Å². The van der Waals surface area contributed by atoms with E-state index >= 15 is 0 Å². The van der Waals surface area contributed by atoms with Crippen LogP contribution in [0, 0.1) is 5.92 Å². The SMILES string of the molecule is CCNC(CCC1CCCc2cccnc21)C(C)C. The molecule has 0 bridgehead atoms. The third kappa shape index (κ3) is 3.79. The lowest BCUT2D eigenvalue weighted by atomic mass is 9.82. The Balaban J connectivity index is 1.97. The zero-order valence-corrected chi connectivity index (χ0v) is 12.7. The van der Waals surface area contributed by atoms with Crippen molar-refractivity contribution in [2.45, 2.75) is 64.8 Å². The van der Waals surface area contributed by atoms with Gasteiger partial charge in [0, 0.05) is 23.9 Å². The van der Waals surface area contributed by atoms with Crippen molar-refractivity contribution in [2.75, 3.05) is 6.54 Å². The van der Waals surface area contributed by atoms with Gasteiger partial charge >= 0.3 is 0 Å². The minimum absolute atomic E-state index is 0.652. The van der Waals surface area contributed by atoms with Gasteiger partial charge < -0.3 is 5.32 Å². The largest absolute Gasteiger partial charge is 0.314 e. The second-order valence-electron chi connectivity index (χ2n) is 6.12. The average molecular weight is 260 g/mol. The van der Waals surface area contributed by atoms with Crippen LogP contribution < -0.4 is 5.32 Å². The summed E-state index contributed by atoms with van der Waals surface area (Å²) in [5, 5.41) is 3.63. The molecule has 0 aliphatic heterocycles. The van der Waals surface area contributed by atoms with Gasteiger partial charge in [-0.2, -0.15) is 0 Å². The number of hydrogen-bond acceptors (Lipinski definition) is 2. The zero-order valence-electron chi connectivity index (χ0n) is 12.7. The molecule has 1 aliphatic carbocycles. The molecule has 2 unspecified atom stereocenters. The van der Waals surface area contributed by atoms with Crippen molar-refractivity contribution >= 4 is 0 Å². The minimum atomic E-state index is 0.652. The first kappa shape index (κ1) is 14.5. The fraction of sp³-hybridized carbons (Fsp3) is 0.706. The van der Waals surface area contributed by atoms with E-state index in [-0.39, 0.29) is 0 Å². The molecule has 19 heavy (non-hydrogen) atoms. The first-order valence-corrected chi connectivity index (χ1v) is 7.89. The van der Waals surface area contributed by atoms with Crippen molar-refractivity contribution < 1.29 is 0 Å². The number of fused-ring (bicyclic) bond motifs is 1. The summed E-state index contributed by atoms with van der Waals surface area (Å²) >= 11 is 0. The zero-order chi connectivity index (χ0) is 13.7. The first-order valence-electron chi connectivity index (χ1n) is 7.89.